The molecule has 4 bridgehead atoms. The second-order valence-corrected chi connectivity index (χ2v) is 17.1. The van der Waals surface area contributed by atoms with Crippen LogP contribution in [-0.4, -0.2) is 78.2 Å². The molecular weight excluding hydrogens is 714 g/mol. The van der Waals surface area contributed by atoms with Crippen LogP contribution in [0.15, 0.2) is 53.9 Å². The summed E-state index contributed by atoms with van der Waals surface area (Å²) in [7, 11) is 0. The first-order valence-corrected chi connectivity index (χ1v) is 20.2. The van der Waals surface area contributed by atoms with Gasteiger partial charge < -0.3 is 15.2 Å². The predicted octanol–water partition coefficient (Wildman–Crippen LogP) is 8.95. The molecule has 2 N–H and O–H groups in total. The van der Waals surface area contributed by atoms with Crippen LogP contribution < -0.4 is 15.2 Å². The molecule has 0 spiro atoms. The number of hydrogen-bond acceptors (Lipinski definition) is 10. The molecule has 0 saturated carbocycles. The second kappa shape index (κ2) is 18.5. The van der Waals surface area contributed by atoms with Gasteiger partial charge in [-0.2, -0.15) is 9.59 Å². The van der Waals surface area contributed by atoms with Crippen molar-refractivity contribution in [2.45, 2.75) is 90.8 Å². The van der Waals surface area contributed by atoms with Crippen molar-refractivity contribution >= 4 is 67.2 Å². The quantitative estimate of drug-likeness (QED) is 0.186. The average molecular weight is 771 g/mol. The summed E-state index contributed by atoms with van der Waals surface area (Å²) in [5, 5.41) is 4.54. The van der Waals surface area contributed by atoms with Crippen molar-refractivity contribution in [1.29, 1.82) is 0 Å². The van der Waals surface area contributed by atoms with E-state index in [-0.39, 0.29) is 29.6 Å². The number of carbonyl (C=O) groups excluding carboxylic acids is 3. The second-order valence-electron chi connectivity index (χ2n) is 15.1. The predicted molar refractivity (Wildman–Crippen MR) is 215 cm³/mol. The Labute approximate surface area is 323 Å². The van der Waals surface area contributed by atoms with Crippen LogP contribution in [0.25, 0.3) is 20.2 Å². The van der Waals surface area contributed by atoms with E-state index in [1.165, 1.54) is 61.9 Å². The zero-order valence-electron chi connectivity index (χ0n) is 31.5. The van der Waals surface area contributed by atoms with Gasteiger partial charge in [0, 0.05) is 32.9 Å². The summed E-state index contributed by atoms with van der Waals surface area (Å²) in [4.78, 5) is 35.3. The number of nitrogens with two attached hydrogens (primary N) is 1. The molecule has 6 aliphatic heterocycles. The zero-order chi connectivity index (χ0) is 36.8. The largest absolute Gasteiger partial charge is 0.494 e. The van der Waals surface area contributed by atoms with E-state index in [4.69, 9.17) is 24.8 Å². The molecule has 52 heavy (non-hydrogen) atoms. The smallest absolute Gasteiger partial charge is 0.373 e. The molecule has 2 aromatic carbocycles. The van der Waals surface area contributed by atoms with Crippen molar-refractivity contribution < 1.29 is 23.9 Å². The number of ketones is 1. The molecule has 4 aromatic rings. The molecule has 0 amide bonds. The highest BCUT2D eigenvalue weighted by Gasteiger charge is 2.48. The van der Waals surface area contributed by atoms with Gasteiger partial charge in [0.15, 0.2) is 5.78 Å². The average Bonchev–Trinajstić information content (AvgIpc) is 3.77. The van der Waals surface area contributed by atoms with Gasteiger partial charge in [-0.1, -0.05) is 0 Å². The van der Waals surface area contributed by atoms with Crippen molar-refractivity contribution in [2.24, 2.45) is 23.5 Å². The minimum Gasteiger partial charge on any atom is -0.494 e. The monoisotopic (exact) mass is 769 g/mol. The third-order valence-electron chi connectivity index (χ3n) is 11.7. The molecule has 6 fully saturated rings. The summed E-state index contributed by atoms with van der Waals surface area (Å²) in [5.41, 5.74) is 6.57. The highest BCUT2D eigenvalue weighted by molar-refractivity contribution is 7.20. The number of thiophene rings is 2. The zero-order valence-corrected chi connectivity index (χ0v) is 34.0. The van der Waals surface area contributed by atoms with Crippen LogP contribution in [0.5, 0.6) is 11.5 Å². The third-order valence-corrected chi connectivity index (χ3v) is 13.7. The van der Waals surface area contributed by atoms with Crippen LogP contribution in [0.2, 0.25) is 0 Å². The molecule has 0 unspecified atom stereocenters. The Hall–Kier alpha value is -2.82. The molecule has 10 rings (SSSR count). The fourth-order valence-electron chi connectivity index (χ4n) is 8.63. The van der Waals surface area contributed by atoms with E-state index in [9.17, 15) is 4.79 Å². The van der Waals surface area contributed by atoms with Crippen LogP contribution in [-0.2, 0) is 9.59 Å². The van der Waals surface area contributed by atoms with Crippen molar-refractivity contribution in [3.8, 4) is 11.5 Å². The lowest BCUT2D eigenvalue weighted by atomic mass is 9.65. The van der Waals surface area contributed by atoms with Gasteiger partial charge >= 0.3 is 6.15 Å². The highest BCUT2D eigenvalue weighted by Crippen LogP contribution is 2.46. The van der Waals surface area contributed by atoms with Crippen molar-refractivity contribution in [3.05, 3.63) is 58.8 Å². The van der Waals surface area contributed by atoms with Crippen LogP contribution in [0.4, 0.5) is 0 Å². The molecule has 0 aliphatic carbocycles. The molecular formula is C41H56ClN3O5S2. The number of Topliss-reactive ketones (excluding diaryl/α,β-unsaturated/α-hetero) is 1. The number of benzene rings is 2. The lowest BCUT2D eigenvalue weighted by Gasteiger charge is -2.56. The number of carbonyl (C=O) groups is 1. The number of ether oxygens (including phenoxy) is 2. The molecule has 2 aromatic heterocycles. The molecule has 284 valence electrons. The van der Waals surface area contributed by atoms with E-state index in [1.807, 2.05) is 26.0 Å². The van der Waals surface area contributed by atoms with Crippen LogP contribution in [0, 0.1) is 17.8 Å². The van der Waals surface area contributed by atoms with E-state index >= 15 is 0 Å². The van der Waals surface area contributed by atoms with E-state index in [2.05, 4.69) is 79.3 Å². The number of nitrogens with zero attached hydrogens (tertiary/aromatic N) is 2. The first kappa shape index (κ1) is 41.9. The fraction of sp³-hybridized carbons (Fsp3) is 0.561. The minimum absolute atomic E-state index is 0. The SMILES string of the molecule is CC1(C)[C@H](N)C2CCN1CC2.CCOc1ccc2cc(C(=O)C[C@@H]3C4CCN(CC4)C3(C)C)sc2c1.CCOc1ccc2ccsc2c1.Cl.O=C=O. The Morgan fingerprint density at radius 1 is 0.788 bits per heavy atom. The molecule has 8 nitrogen and oxygen atoms in total. The molecule has 11 heteroatoms. The van der Waals surface area contributed by atoms with Gasteiger partial charge in [0.2, 0.25) is 0 Å². The fourth-order valence-corrected chi connectivity index (χ4v) is 10.5. The Bertz CT molecular complexity index is 1780. The van der Waals surface area contributed by atoms with Gasteiger partial charge in [0.25, 0.3) is 0 Å². The summed E-state index contributed by atoms with van der Waals surface area (Å²) < 4.78 is 13.4. The summed E-state index contributed by atoms with van der Waals surface area (Å²) in [6, 6.07) is 16.9. The lowest BCUT2D eigenvalue weighted by molar-refractivity contribution is -0.191. The minimum atomic E-state index is 0. The summed E-state index contributed by atoms with van der Waals surface area (Å²) in [6.07, 6.45) is 6.09. The molecule has 6 aliphatic rings. The number of halogens is 1. The van der Waals surface area contributed by atoms with Gasteiger partial charge in [-0.05, 0) is 176 Å². The first-order chi connectivity index (χ1) is 24.4. The van der Waals surface area contributed by atoms with Gasteiger partial charge in [-0.15, -0.1) is 35.1 Å². The van der Waals surface area contributed by atoms with Gasteiger partial charge in [-0.25, -0.2) is 0 Å². The van der Waals surface area contributed by atoms with E-state index in [0.717, 1.165) is 39.0 Å². The Kier molecular flexibility index (Phi) is 14.9. The number of piperidine rings is 6. The molecule has 2 atom stereocenters. The Morgan fingerprint density at radius 2 is 1.31 bits per heavy atom. The maximum Gasteiger partial charge on any atom is 0.373 e. The molecule has 6 saturated heterocycles. The van der Waals surface area contributed by atoms with Gasteiger partial charge in [0.05, 0.1) is 18.1 Å². The lowest BCUT2D eigenvalue weighted by Crippen LogP contribution is -2.67. The normalized spacial score (nSPS) is 25.9. The van der Waals surface area contributed by atoms with Crippen molar-refractivity contribution in [3.63, 3.8) is 0 Å². The highest BCUT2D eigenvalue weighted by atomic mass is 35.5. The van der Waals surface area contributed by atoms with Gasteiger partial charge in [-0.3, -0.25) is 14.6 Å². The third kappa shape index (κ3) is 9.45. The number of fused-ring (bicyclic) bond motifs is 8. The topological polar surface area (TPSA) is 102 Å². The standard InChI is InChI=1S/C21H27NO2S.C10H10OS.C9H18N2.CO2.ClH/c1-4-24-16-6-5-15-11-20(25-19(15)12-16)18(23)13-17-14-7-9-22(10-8-14)21(17,2)3;1-2-11-9-4-3-8-5-6-12-10(8)7-9;1-9(2)8(10)7-3-5-11(9)6-4-7;2-1-3;/h5-6,11-12,14,17H,4,7-10,13H2,1-3H3;3-7H,2H2,1H3;7-8H,3-6,10H2,1-2H3;;1H/t17-;;8-;;/m1.1../s1. The van der Waals surface area contributed by atoms with E-state index in [1.54, 1.807) is 22.7 Å². The van der Waals surface area contributed by atoms with Crippen molar-refractivity contribution in [1.82, 2.24) is 9.80 Å². The number of rotatable bonds is 7. The molecule has 0 radical (unpaired) electrons. The summed E-state index contributed by atoms with van der Waals surface area (Å²) in [6.45, 7) is 19.5. The van der Waals surface area contributed by atoms with Gasteiger partial charge in [0.1, 0.15) is 11.5 Å². The van der Waals surface area contributed by atoms with Crippen LogP contribution in [0.1, 0.15) is 83.3 Å². The Morgan fingerprint density at radius 3 is 1.81 bits per heavy atom. The summed E-state index contributed by atoms with van der Waals surface area (Å²) >= 11 is 3.36. The van der Waals surface area contributed by atoms with Crippen molar-refractivity contribution in [2.75, 3.05) is 39.4 Å². The maximum atomic E-state index is 13.0. The summed E-state index contributed by atoms with van der Waals surface area (Å²) in [5.74, 6) is 4.15. The van der Waals surface area contributed by atoms with Crippen LogP contribution >= 0.6 is 35.1 Å². The van der Waals surface area contributed by atoms with Crippen LogP contribution in [0.3, 0.4) is 0 Å². The first-order valence-electron chi connectivity index (χ1n) is 18.5. The maximum absolute atomic E-state index is 13.0. The Balaban J connectivity index is 0.000000187. The van der Waals surface area contributed by atoms with E-state index in [0.29, 0.717) is 36.7 Å². The van der Waals surface area contributed by atoms with E-state index < -0.39 is 0 Å². The number of hydrogen-bond donors (Lipinski definition) is 1. The molecule has 8 heterocycles.